The Morgan fingerprint density at radius 2 is 2.00 bits per heavy atom. The fraction of sp³-hybridized carbons (Fsp3) is 0.333. The van der Waals surface area contributed by atoms with E-state index in [0.717, 1.165) is 30.8 Å². The Morgan fingerprint density at radius 1 is 1.29 bits per heavy atom. The Hall–Kier alpha value is -2.04. The van der Waals surface area contributed by atoms with Gasteiger partial charge in [-0.2, -0.15) is 5.10 Å². The number of benzene rings is 1. The Kier molecular flexibility index (Phi) is 5.57. The summed E-state index contributed by atoms with van der Waals surface area (Å²) in [5, 5.41) is 7.23. The van der Waals surface area contributed by atoms with Crippen molar-refractivity contribution >= 4 is 12.2 Å². The maximum atomic E-state index is 5.53. The molecule has 0 amide bonds. The highest BCUT2D eigenvalue weighted by molar-refractivity contribution is 5.81. The number of nitrogens with zero attached hydrogens (tertiary/aromatic N) is 2. The highest BCUT2D eigenvalue weighted by atomic mass is 16.5. The van der Waals surface area contributed by atoms with Gasteiger partial charge >= 0.3 is 0 Å². The van der Waals surface area contributed by atoms with Gasteiger partial charge < -0.3 is 16.2 Å². The van der Waals surface area contributed by atoms with Crippen LogP contribution in [0, 0.1) is 0 Å². The average Bonchev–Trinajstić information content (AvgIpc) is 2.31. The molecule has 1 rings (SSSR count). The van der Waals surface area contributed by atoms with E-state index in [2.05, 4.69) is 17.1 Å². The van der Waals surface area contributed by atoms with Crippen LogP contribution in [0.3, 0.4) is 0 Å². The summed E-state index contributed by atoms with van der Waals surface area (Å²) in [6, 6.07) is 7.58. The predicted molar refractivity (Wildman–Crippen MR) is 70.2 cm³/mol. The molecule has 0 radical (unpaired) electrons. The van der Waals surface area contributed by atoms with E-state index in [9.17, 15) is 0 Å². The zero-order valence-electron chi connectivity index (χ0n) is 9.97. The van der Waals surface area contributed by atoms with Crippen LogP contribution in [0.15, 0.2) is 34.5 Å². The van der Waals surface area contributed by atoms with E-state index in [1.54, 1.807) is 6.21 Å². The van der Waals surface area contributed by atoms with E-state index < -0.39 is 0 Å². The molecule has 0 fully saturated rings. The van der Waals surface area contributed by atoms with Crippen molar-refractivity contribution in [1.82, 2.24) is 0 Å². The van der Waals surface area contributed by atoms with Crippen LogP contribution in [0.2, 0.25) is 0 Å². The highest BCUT2D eigenvalue weighted by Gasteiger charge is 1.93. The van der Waals surface area contributed by atoms with Gasteiger partial charge in [0.1, 0.15) is 5.75 Å². The molecule has 0 aliphatic heterocycles. The molecular formula is C12H18N4O. The standard InChI is InChI=1S/C12H18N4O/c1-2-3-8-17-11-6-4-10(5-7-11)9-15-16-12(13)14/h4-7,9H,2-3,8H2,1H3,(H4,13,14,16)/b15-9+. The first-order chi connectivity index (χ1) is 8.22. The first-order valence-corrected chi connectivity index (χ1v) is 5.57. The van der Waals surface area contributed by atoms with Crippen LogP contribution >= 0.6 is 0 Å². The Bertz CT molecular complexity index is 380. The number of guanidine groups is 1. The third-order valence-corrected chi connectivity index (χ3v) is 2.03. The molecule has 0 unspecified atom stereocenters. The van der Waals surface area contributed by atoms with E-state index in [-0.39, 0.29) is 5.96 Å². The number of hydrogen-bond acceptors (Lipinski definition) is 3. The van der Waals surface area contributed by atoms with Crippen LogP contribution < -0.4 is 16.2 Å². The van der Waals surface area contributed by atoms with Crippen LogP contribution in [-0.2, 0) is 0 Å². The van der Waals surface area contributed by atoms with Crippen molar-refractivity contribution in [2.45, 2.75) is 19.8 Å². The Morgan fingerprint density at radius 3 is 2.59 bits per heavy atom. The first-order valence-electron chi connectivity index (χ1n) is 5.57. The molecule has 4 N–H and O–H groups in total. The summed E-state index contributed by atoms with van der Waals surface area (Å²) in [4.78, 5) is 0. The Balaban J connectivity index is 2.50. The molecular weight excluding hydrogens is 216 g/mol. The zero-order valence-corrected chi connectivity index (χ0v) is 9.97. The van der Waals surface area contributed by atoms with Gasteiger partial charge in [0.15, 0.2) is 0 Å². The molecule has 0 atom stereocenters. The van der Waals surface area contributed by atoms with Gasteiger partial charge in [0.05, 0.1) is 12.8 Å². The number of ether oxygens (including phenoxy) is 1. The van der Waals surface area contributed by atoms with Gasteiger partial charge in [-0.15, -0.1) is 5.10 Å². The van der Waals surface area contributed by atoms with Gasteiger partial charge in [-0.1, -0.05) is 13.3 Å². The minimum atomic E-state index is -0.0548. The fourth-order valence-corrected chi connectivity index (χ4v) is 1.15. The van der Waals surface area contributed by atoms with Gasteiger partial charge in [0.25, 0.3) is 0 Å². The summed E-state index contributed by atoms with van der Waals surface area (Å²) in [5.74, 6) is 0.804. The van der Waals surface area contributed by atoms with Crippen molar-refractivity contribution in [2.24, 2.45) is 21.7 Å². The molecule has 0 spiro atoms. The van der Waals surface area contributed by atoms with E-state index in [4.69, 9.17) is 16.2 Å². The molecule has 0 saturated heterocycles. The smallest absolute Gasteiger partial charge is 0.211 e. The second kappa shape index (κ2) is 7.27. The summed E-state index contributed by atoms with van der Waals surface area (Å²) in [6.45, 7) is 2.88. The van der Waals surface area contributed by atoms with Gasteiger partial charge in [-0.05, 0) is 36.2 Å². The molecule has 0 aliphatic carbocycles. The maximum absolute atomic E-state index is 5.53. The van der Waals surface area contributed by atoms with E-state index in [0.29, 0.717) is 0 Å². The summed E-state index contributed by atoms with van der Waals surface area (Å²) < 4.78 is 5.53. The molecule has 0 aromatic heterocycles. The van der Waals surface area contributed by atoms with Crippen molar-refractivity contribution in [3.8, 4) is 5.75 Å². The van der Waals surface area contributed by atoms with Gasteiger partial charge in [0.2, 0.25) is 5.96 Å². The molecule has 0 bridgehead atoms. The third kappa shape index (κ3) is 5.55. The molecule has 0 heterocycles. The lowest BCUT2D eigenvalue weighted by Crippen LogP contribution is -2.21. The third-order valence-electron chi connectivity index (χ3n) is 2.03. The maximum Gasteiger partial charge on any atom is 0.211 e. The van der Waals surface area contributed by atoms with Gasteiger partial charge in [-0.3, -0.25) is 0 Å². The second-order valence-corrected chi connectivity index (χ2v) is 3.54. The SMILES string of the molecule is CCCCOc1ccc(/C=N/N=C(N)N)cc1. The number of hydrogen-bond donors (Lipinski definition) is 2. The molecule has 1 aromatic rings. The molecule has 1 aromatic carbocycles. The topological polar surface area (TPSA) is 86.0 Å². The summed E-state index contributed by atoms with van der Waals surface area (Å²) in [7, 11) is 0. The average molecular weight is 234 g/mol. The van der Waals surface area contributed by atoms with Crippen LogP contribution in [-0.4, -0.2) is 18.8 Å². The lowest BCUT2D eigenvalue weighted by molar-refractivity contribution is 0.309. The second-order valence-electron chi connectivity index (χ2n) is 3.54. The van der Waals surface area contributed by atoms with Crippen molar-refractivity contribution in [3.63, 3.8) is 0 Å². The summed E-state index contributed by atoms with van der Waals surface area (Å²) in [5.41, 5.74) is 11.2. The number of nitrogens with two attached hydrogens (primary N) is 2. The molecule has 17 heavy (non-hydrogen) atoms. The summed E-state index contributed by atoms with van der Waals surface area (Å²) in [6.07, 6.45) is 3.77. The zero-order chi connectivity index (χ0) is 12.5. The fourth-order valence-electron chi connectivity index (χ4n) is 1.15. The van der Waals surface area contributed by atoms with Crippen LogP contribution in [0.1, 0.15) is 25.3 Å². The van der Waals surface area contributed by atoms with Crippen molar-refractivity contribution in [2.75, 3.05) is 6.61 Å². The highest BCUT2D eigenvalue weighted by Crippen LogP contribution is 2.11. The summed E-state index contributed by atoms with van der Waals surface area (Å²) >= 11 is 0. The predicted octanol–water partition coefficient (Wildman–Crippen LogP) is 1.47. The molecule has 5 heteroatoms. The van der Waals surface area contributed by atoms with E-state index in [1.165, 1.54) is 0 Å². The number of rotatable bonds is 6. The largest absolute Gasteiger partial charge is 0.494 e. The van der Waals surface area contributed by atoms with Crippen LogP contribution in [0.5, 0.6) is 5.75 Å². The van der Waals surface area contributed by atoms with Crippen molar-refractivity contribution < 1.29 is 4.74 Å². The minimum absolute atomic E-state index is 0.0548. The van der Waals surface area contributed by atoms with Crippen LogP contribution in [0.4, 0.5) is 0 Å². The Labute approximate surface area is 101 Å². The van der Waals surface area contributed by atoms with Gasteiger partial charge in [-0.25, -0.2) is 0 Å². The quantitative estimate of drug-likeness (QED) is 0.338. The minimum Gasteiger partial charge on any atom is -0.494 e. The lowest BCUT2D eigenvalue weighted by Gasteiger charge is -2.04. The normalized spacial score (nSPS) is 10.4. The monoisotopic (exact) mass is 234 g/mol. The van der Waals surface area contributed by atoms with Gasteiger partial charge in [0, 0.05) is 0 Å². The first kappa shape index (κ1) is 13.0. The van der Waals surface area contributed by atoms with Crippen LogP contribution in [0.25, 0.3) is 0 Å². The molecule has 0 saturated carbocycles. The van der Waals surface area contributed by atoms with Crippen molar-refractivity contribution in [1.29, 1.82) is 0 Å². The number of unbranched alkanes of at least 4 members (excludes halogenated alkanes) is 1. The van der Waals surface area contributed by atoms with E-state index in [1.807, 2.05) is 24.3 Å². The van der Waals surface area contributed by atoms with E-state index >= 15 is 0 Å². The lowest BCUT2D eigenvalue weighted by atomic mass is 10.2. The molecule has 92 valence electrons. The van der Waals surface area contributed by atoms with Crippen molar-refractivity contribution in [3.05, 3.63) is 29.8 Å². The molecule has 5 nitrogen and oxygen atoms in total. The molecule has 0 aliphatic rings.